The largest absolute Gasteiger partial charge is 0.481 e. The zero-order valence-corrected chi connectivity index (χ0v) is 11.6. The summed E-state index contributed by atoms with van der Waals surface area (Å²) in [5.41, 5.74) is 0.690. The van der Waals surface area contributed by atoms with Crippen molar-refractivity contribution >= 4 is 17.6 Å². The number of benzene rings is 1. The van der Waals surface area contributed by atoms with Crippen LogP contribution in [0.2, 0.25) is 0 Å². The van der Waals surface area contributed by atoms with Gasteiger partial charge in [-0.05, 0) is 25.5 Å². The molecule has 1 aromatic carbocycles. The zero-order valence-electron chi connectivity index (χ0n) is 11.6. The van der Waals surface area contributed by atoms with Crippen molar-refractivity contribution in [1.29, 1.82) is 0 Å². The minimum Gasteiger partial charge on any atom is -0.481 e. The molecule has 0 saturated heterocycles. The van der Waals surface area contributed by atoms with Gasteiger partial charge in [-0.15, -0.1) is 5.10 Å². The van der Waals surface area contributed by atoms with Gasteiger partial charge >= 0.3 is 5.97 Å². The van der Waals surface area contributed by atoms with E-state index in [4.69, 9.17) is 5.11 Å². The maximum absolute atomic E-state index is 12.5. The number of amides is 1. The first-order valence-electron chi connectivity index (χ1n) is 6.55. The predicted octanol–water partition coefficient (Wildman–Crippen LogP) is 1.62. The van der Waals surface area contributed by atoms with E-state index < -0.39 is 5.97 Å². The van der Waals surface area contributed by atoms with E-state index in [0.29, 0.717) is 24.5 Å². The van der Waals surface area contributed by atoms with Gasteiger partial charge in [-0.25, -0.2) is 4.98 Å². The van der Waals surface area contributed by atoms with Gasteiger partial charge in [0.25, 0.3) is 5.91 Å². The van der Waals surface area contributed by atoms with E-state index >= 15 is 0 Å². The van der Waals surface area contributed by atoms with Crippen LogP contribution in [0.5, 0.6) is 0 Å². The number of para-hydroxylation sites is 1. The minimum absolute atomic E-state index is 0.00361. The van der Waals surface area contributed by atoms with Crippen LogP contribution in [0.4, 0.5) is 5.69 Å². The van der Waals surface area contributed by atoms with Gasteiger partial charge < -0.3 is 10.0 Å². The Balaban J connectivity index is 2.19. The molecule has 0 fully saturated rings. The maximum atomic E-state index is 12.5. The fraction of sp³-hybridized carbons (Fsp3) is 0.286. The number of rotatable bonds is 6. The SMILES string of the molecule is Cc1nc(C(=O)N(CCCC(=O)O)c2ccccc2)n[nH]1. The van der Waals surface area contributed by atoms with Crippen LogP contribution >= 0.6 is 0 Å². The molecule has 0 aliphatic carbocycles. The lowest BCUT2D eigenvalue weighted by Crippen LogP contribution is -2.33. The summed E-state index contributed by atoms with van der Waals surface area (Å²) < 4.78 is 0. The number of nitrogens with one attached hydrogen (secondary N) is 1. The van der Waals surface area contributed by atoms with E-state index in [0.717, 1.165) is 0 Å². The van der Waals surface area contributed by atoms with Gasteiger partial charge in [0, 0.05) is 18.7 Å². The lowest BCUT2D eigenvalue weighted by molar-refractivity contribution is -0.137. The molecular formula is C14H16N4O3. The third kappa shape index (κ3) is 3.88. The zero-order chi connectivity index (χ0) is 15.2. The lowest BCUT2D eigenvalue weighted by atomic mass is 10.2. The number of anilines is 1. The predicted molar refractivity (Wildman–Crippen MR) is 76.1 cm³/mol. The monoisotopic (exact) mass is 288 g/mol. The van der Waals surface area contributed by atoms with Gasteiger partial charge in [-0.2, -0.15) is 0 Å². The third-order valence-electron chi connectivity index (χ3n) is 2.87. The van der Waals surface area contributed by atoms with Crippen LogP contribution in [0.15, 0.2) is 30.3 Å². The molecule has 2 aromatic rings. The number of aromatic nitrogens is 3. The summed E-state index contributed by atoms with van der Waals surface area (Å²) in [5.74, 6) is -0.608. The first kappa shape index (κ1) is 14.7. The molecule has 7 heteroatoms. The molecule has 7 nitrogen and oxygen atoms in total. The molecule has 110 valence electrons. The van der Waals surface area contributed by atoms with E-state index in [2.05, 4.69) is 15.2 Å². The van der Waals surface area contributed by atoms with Crippen molar-refractivity contribution in [2.45, 2.75) is 19.8 Å². The summed E-state index contributed by atoms with van der Waals surface area (Å²) in [6.45, 7) is 2.00. The first-order chi connectivity index (χ1) is 10.1. The standard InChI is InChI=1S/C14H16N4O3/c1-10-15-13(17-16-10)14(21)18(9-5-8-12(19)20)11-6-3-2-4-7-11/h2-4,6-7H,5,8-9H2,1H3,(H,19,20)(H,15,16,17). The molecule has 1 aromatic heterocycles. The lowest BCUT2D eigenvalue weighted by Gasteiger charge is -2.21. The van der Waals surface area contributed by atoms with E-state index in [1.807, 2.05) is 18.2 Å². The fourth-order valence-corrected chi connectivity index (χ4v) is 1.90. The summed E-state index contributed by atoms with van der Waals surface area (Å²) >= 11 is 0. The van der Waals surface area contributed by atoms with Crippen LogP contribution in [-0.4, -0.2) is 38.7 Å². The van der Waals surface area contributed by atoms with E-state index in [9.17, 15) is 9.59 Å². The number of carboxylic acids is 1. The van der Waals surface area contributed by atoms with Crippen LogP contribution in [0, 0.1) is 6.92 Å². The molecule has 0 atom stereocenters. The van der Waals surface area contributed by atoms with Gasteiger partial charge in [0.05, 0.1) is 0 Å². The fourth-order valence-electron chi connectivity index (χ4n) is 1.90. The van der Waals surface area contributed by atoms with Crippen LogP contribution < -0.4 is 4.90 Å². The second kappa shape index (κ2) is 6.65. The topological polar surface area (TPSA) is 99.2 Å². The Hall–Kier alpha value is -2.70. The molecule has 2 N–H and O–H groups in total. The molecule has 0 unspecified atom stereocenters. The van der Waals surface area contributed by atoms with Crippen LogP contribution in [0.25, 0.3) is 0 Å². The number of nitrogens with zero attached hydrogens (tertiary/aromatic N) is 3. The van der Waals surface area contributed by atoms with Gasteiger partial charge in [0.15, 0.2) is 0 Å². The Kier molecular flexibility index (Phi) is 4.65. The van der Waals surface area contributed by atoms with Gasteiger partial charge in [-0.1, -0.05) is 18.2 Å². The van der Waals surface area contributed by atoms with Crippen molar-refractivity contribution in [3.8, 4) is 0 Å². The third-order valence-corrected chi connectivity index (χ3v) is 2.87. The Morgan fingerprint density at radius 3 is 2.57 bits per heavy atom. The normalized spacial score (nSPS) is 10.3. The summed E-state index contributed by atoms with van der Waals surface area (Å²) in [6.07, 6.45) is 0.364. The average molecular weight is 288 g/mol. The number of aryl methyl sites for hydroxylation is 1. The molecule has 0 bridgehead atoms. The van der Waals surface area contributed by atoms with Crippen LogP contribution in [-0.2, 0) is 4.79 Å². The Labute approximate surface area is 121 Å². The maximum Gasteiger partial charge on any atom is 0.303 e. The number of H-pyrrole nitrogens is 1. The summed E-state index contributed by atoms with van der Waals surface area (Å²) in [5, 5.41) is 15.2. The van der Waals surface area contributed by atoms with Crippen LogP contribution in [0.3, 0.4) is 0 Å². The Morgan fingerprint density at radius 1 is 1.29 bits per heavy atom. The average Bonchev–Trinajstić information content (AvgIpc) is 2.90. The Bertz CT molecular complexity index is 624. The highest BCUT2D eigenvalue weighted by atomic mass is 16.4. The first-order valence-corrected chi connectivity index (χ1v) is 6.55. The van der Waals surface area contributed by atoms with Gasteiger partial charge in [0.2, 0.25) is 5.82 Å². The van der Waals surface area contributed by atoms with E-state index in [-0.39, 0.29) is 18.2 Å². The van der Waals surface area contributed by atoms with Crippen molar-refractivity contribution in [3.63, 3.8) is 0 Å². The summed E-state index contributed by atoms with van der Waals surface area (Å²) in [4.78, 5) is 28.6. The number of carbonyl (C=O) groups is 2. The Morgan fingerprint density at radius 2 is 2.00 bits per heavy atom. The molecule has 1 heterocycles. The molecule has 21 heavy (non-hydrogen) atoms. The molecular weight excluding hydrogens is 272 g/mol. The smallest absolute Gasteiger partial charge is 0.303 e. The molecule has 0 saturated carbocycles. The van der Waals surface area contributed by atoms with E-state index in [1.165, 1.54) is 4.90 Å². The molecule has 0 aliphatic rings. The number of hydrogen-bond donors (Lipinski definition) is 2. The van der Waals surface area contributed by atoms with Gasteiger partial charge in [0.1, 0.15) is 5.82 Å². The number of aromatic amines is 1. The number of carbonyl (C=O) groups excluding carboxylic acids is 1. The molecule has 0 aliphatic heterocycles. The van der Waals surface area contributed by atoms with Crippen molar-refractivity contribution in [1.82, 2.24) is 15.2 Å². The number of hydrogen-bond acceptors (Lipinski definition) is 4. The van der Waals surface area contributed by atoms with E-state index in [1.54, 1.807) is 19.1 Å². The van der Waals surface area contributed by atoms with Gasteiger partial charge in [-0.3, -0.25) is 14.7 Å². The molecule has 1 amide bonds. The summed E-state index contributed by atoms with van der Waals surface area (Å²) in [6, 6.07) is 9.06. The second-order valence-corrected chi connectivity index (χ2v) is 4.53. The quantitative estimate of drug-likeness (QED) is 0.841. The van der Waals surface area contributed by atoms with Crippen LogP contribution in [0.1, 0.15) is 29.3 Å². The van der Waals surface area contributed by atoms with Crippen molar-refractivity contribution in [2.75, 3.05) is 11.4 Å². The highest BCUT2D eigenvalue weighted by Crippen LogP contribution is 2.16. The minimum atomic E-state index is -0.885. The van der Waals surface area contributed by atoms with Crippen molar-refractivity contribution in [2.24, 2.45) is 0 Å². The molecule has 2 rings (SSSR count). The number of aliphatic carboxylic acids is 1. The highest BCUT2D eigenvalue weighted by molar-refractivity contribution is 6.03. The highest BCUT2D eigenvalue weighted by Gasteiger charge is 2.21. The summed E-state index contributed by atoms with van der Waals surface area (Å²) in [7, 11) is 0. The molecule has 0 spiro atoms. The van der Waals surface area contributed by atoms with Crippen molar-refractivity contribution < 1.29 is 14.7 Å². The number of carboxylic acid groups (broad SMARTS) is 1. The second-order valence-electron chi connectivity index (χ2n) is 4.53. The molecule has 0 radical (unpaired) electrons. The van der Waals surface area contributed by atoms with Crippen molar-refractivity contribution in [3.05, 3.63) is 42.0 Å².